The molecule has 20 heavy (non-hydrogen) atoms. The maximum Gasteiger partial charge on any atom is 0.178 e. The largest absolute Gasteiger partial charge is 0.872 e. The lowest BCUT2D eigenvalue weighted by Crippen LogP contribution is -1.88. The number of allylic oxidation sites excluding steroid dienone is 2. The van der Waals surface area contributed by atoms with Crippen molar-refractivity contribution in [2.45, 2.75) is 0 Å². The number of hydrogen-bond acceptors (Lipinski definition) is 3. The number of phenolic OH excluding ortho intramolecular Hbond substituents is 1. The highest BCUT2D eigenvalue weighted by atomic mass is 16.3. The van der Waals surface area contributed by atoms with Gasteiger partial charge in [-0.1, -0.05) is 48.6 Å². The molecule has 0 saturated carbocycles. The first-order chi connectivity index (χ1) is 9.63. The van der Waals surface area contributed by atoms with E-state index in [1.807, 2.05) is 0 Å². The van der Waals surface area contributed by atoms with Crippen LogP contribution in [0.1, 0.15) is 11.1 Å². The predicted molar refractivity (Wildman–Crippen MR) is 77.1 cm³/mol. The molecule has 0 bridgehead atoms. The van der Waals surface area contributed by atoms with E-state index in [1.54, 1.807) is 48.6 Å². The van der Waals surface area contributed by atoms with Gasteiger partial charge in [0.25, 0.3) is 0 Å². The van der Waals surface area contributed by atoms with Gasteiger partial charge >= 0.3 is 0 Å². The molecule has 0 aliphatic heterocycles. The van der Waals surface area contributed by atoms with Gasteiger partial charge in [0.2, 0.25) is 0 Å². The van der Waals surface area contributed by atoms with Crippen molar-refractivity contribution in [2.24, 2.45) is 0 Å². The van der Waals surface area contributed by atoms with Crippen LogP contribution in [0.2, 0.25) is 0 Å². The summed E-state index contributed by atoms with van der Waals surface area (Å²) in [6, 6.07) is 12.8. The van der Waals surface area contributed by atoms with Crippen molar-refractivity contribution in [2.75, 3.05) is 0 Å². The second kappa shape index (κ2) is 6.38. The third-order valence-corrected chi connectivity index (χ3v) is 2.65. The summed E-state index contributed by atoms with van der Waals surface area (Å²) in [7, 11) is 0. The molecule has 0 amide bonds. The predicted octanol–water partition coefficient (Wildman–Crippen LogP) is 2.76. The van der Waals surface area contributed by atoms with Crippen molar-refractivity contribution in [1.82, 2.24) is 0 Å². The Bertz CT molecular complexity index is 577. The summed E-state index contributed by atoms with van der Waals surface area (Å²) in [5.74, 6) is -0.0137. The average Bonchev–Trinajstić information content (AvgIpc) is 2.46. The van der Waals surface area contributed by atoms with Gasteiger partial charge in [0.1, 0.15) is 5.75 Å². The SMILES string of the molecule is O=C(/C=C/c1ccc([O-])cc1)/C=C/c1ccc(O)cc1. The summed E-state index contributed by atoms with van der Waals surface area (Å²) in [6.45, 7) is 0. The van der Waals surface area contributed by atoms with Crippen LogP contribution in [0.15, 0.2) is 60.7 Å². The molecule has 0 unspecified atom stereocenters. The molecule has 2 aromatic carbocycles. The number of benzene rings is 2. The number of ketones is 1. The number of hydrogen-bond donors (Lipinski definition) is 1. The van der Waals surface area contributed by atoms with E-state index < -0.39 is 0 Å². The van der Waals surface area contributed by atoms with Crippen LogP contribution in [-0.4, -0.2) is 10.9 Å². The molecule has 0 atom stereocenters. The summed E-state index contributed by atoms with van der Waals surface area (Å²) < 4.78 is 0. The van der Waals surface area contributed by atoms with Crippen molar-refractivity contribution in [3.8, 4) is 11.5 Å². The Labute approximate surface area is 117 Å². The lowest BCUT2D eigenvalue weighted by atomic mass is 10.1. The Hall–Kier alpha value is -2.81. The van der Waals surface area contributed by atoms with E-state index in [0.29, 0.717) is 0 Å². The quantitative estimate of drug-likeness (QED) is 0.865. The highest BCUT2D eigenvalue weighted by Gasteiger charge is 1.92. The minimum atomic E-state index is -0.149. The Balaban J connectivity index is 1.98. The molecule has 0 aromatic heterocycles. The van der Waals surface area contributed by atoms with Crippen LogP contribution in [-0.2, 0) is 4.79 Å². The van der Waals surface area contributed by atoms with Crippen molar-refractivity contribution >= 4 is 17.9 Å². The molecule has 2 rings (SSSR count). The number of carbonyl (C=O) groups excluding carboxylic acids is 1. The lowest BCUT2D eigenvalue weighted by Gasteiger charge is -2.02. The van der Waals surface area contributed by atoms with E-state index in [0.717, 1.165) is 11.1 Å². The van der Waals surface area contributed by atoms with Crippen molar-refractivity contribution < 1.29 is 15.0 Å². The van der Waals surface area contributed by atoms with Crippen LogP contribution in [0.5, 0.6) is 11.5 Å². The summed E-state index contributed by atoms with van der Waals surface area (Å²) in [5.41, 5.74) is 1.64. The molecule has 2 aromatic rings. The molecule has 100 valence electrons. The van der Waals surface area contributed by atoms with E-state index in [4.69, 9.17) is 5.11 Å². The summed E-state index contributed by atoms with van der Waals surface area (Å²) in [6.07, 6.45) is 6.22. The first kappa shape index (κ1) is 13.6. The van der Waals surface area contributed by atoms with Gasteiger partial charge in [-0.3, -0.25) is 4.79 Å². The van der Waals surface area contributed by atoms with Crippen LogP contribution >= 0.6 is 0 Å². The third-order valence-electron chi connectivity index (χ3n) is 2.65. The Morgan fingerprint density at radius 3 is 1.80 bits per heavy atom. The molecule has 0 saturated heterocycles. The van der Waals surface area contributed by atoms with Crippen molar-refractivity contribution in [3.63, 3.8) is 0 Å². The van der Waals surface area contributed by atoms with Crippen LogP contribution < -0.4 is 5.11 Å². The molecule has 0 heterocycles. The first-order valence-corrected chi connectivity index (χ1v) is 6.10. The minimum Gasteiger partial charge on any atom is -0.872 e. The molecule has 3 nitrogen and oxygen atoms in total. The normalized spacial score (nSPS) is 11.2. The summed E-state index contributed by atoms with van der Waals surface area (Å²) in [4.78, 5) is 11.6. The number of phenols is 1. The van der Waals surface area contributed by atoms with Gasteiger partial charge in [0.05, 0.1) is 0 Å². The average molecular weight is 265 g/mol. The van der Waals surface area contributed by atoms with E-state index in [-0.39, 0.29) is 17.3 Å². The van der Waals surface area contributed by atoms with E-state index in [2.05, 4.69) is 0 Å². The number of aromatic hydroxyl groups is 1. The highest BCUT2D eigenvalue weighted by Crippen LogP contribution is 2.11. The summed E-state index contributed by atoms with van der Waals surface area (Å²) >= 11 is 0. The second-order valence-corrected chi connectivity index (χ2v) is 4.23. The third kappa shape index (κ3) is 4.14. The molecule has 0 fully saturated rings. The molecular formula is C17H13O3-. The van der Waals surface area contributed by atoms with Gasteiger partial charge < -0.3 is 10.2 Å². The molecule has 0 aliphatic carbocycles. The zero-order valence-electron chi connectivity index (χ0n) is 10.7. The first-order valence-electron chi connectivity index (χ1n) is 6.10. The van der Waals surface area contributed by atoms with Crippen LogP contribution in [0.25, 0.3) is 12.2 Å². The fourth-order valence-corrected chi connectivity index (χ4v) is 1.58. The van der Waals surface area contributed by atoms with E-state index >= 15 is 0 Å². The monoisotopic (exact) mass is 265 g/mol. The van der Waals surface area contributed by atoms with Crippen molar-refractivity contribution in [1.29, 1.82) is 0 Å². The number of carbonyl (C=O) groups is 1. The topological polar surface area (TPSA) is 60.4 Å². The lowest BCUT2D eigenvalue weighted by molar-refractivity contribution is -0.268. The van der Waals surface area contributed by atoms with Crippen LogP contribution in [0, 0.1) is 0 Å². The second-order valence-electron chi connectivity index (χ2n) is 4.23. The Morgan fingerprint density at radius 1 is 0.850 bits per heavy atom. The summed E-state index contributed by atoms with van der Waals surface area (Å²) in [5, 5.41) is 20.1. The molecule has 0 radical (unpaired) electrons. The zero-order valence-corrected chi connectivity index (χ0v) is 10.7. The van der Waals surface area contributed by atoms with Gasteiger partial charge in [-0.15, -0.1) is 5.75 Å². The van der Waals surface area contributed by atoms with Crippen molar-refractivity contribution in [3.05, 3.63) is 71.8 Å². The smallest absolute Gasteiger partial charge is 0.178 e. The van der Waals surface area contributed by atoms with Gasteiger partial charge in [-0.05, 0) is 35.4 Å². The van der Waals surface area contributed by atoms with E-state index in [9.17, 15) is 9.90 Å². The van der Waals surface area contributed by atoms with Crippen LogP contribution in [0.4, 0.5) is 0 Å². The molecule has 1 N–H and O–H groups in total. The maximum atomic E-state index is 11.6. The highest BCUT2D eigenvalue weighted by molar-refractivity contribution is 6.04. The van der Waals surface area contributed by atoms with E-state index in [1.165, 1.54) is 24.3 Å². The van der Waals surface area contributed by atoms with Gasteiger partial charge in [0, 0.05) is 0 Å². The standard InChI is InChI=1S/C17H14O3/c18-15-7-1-13(2-8-15)5-11-17(20)12-6-14-3-9-16(19)10-4-14/h1-12,18-19H/p-1/b11-5+,12-6+. The molecular weight excluding hydrogens is 252 g/mol. The Kier molecular flexibility index (Phi) is 4.35. The maximum absolute atomic E-state index is 11.6. The molecule has 0 aliphatic rings. The fourth-order valence-electron chi connectivity index (χ4n) is 1.58. The van der Waals surface area contributed by atoms with Crippen LogP contribution in [0.3, 0.4) is 0 Å². The van der Waals surface area contributed by atoms with Gasteiger partial charge in [0.15, 0.2) is 5.78 Å². The molecule has 3 heteroatoms. The fraction of sp³-hybridized carbons (Fsp3) is 0. The Morgan fingerprint density at radius 2 is 1.30 bits per heavy atom. The minimum absolute atomic E-state index is 0.0549. The van der Waals surface area contributed by atoms with Gasteiger partial charge in [-0.25, -0.2) is 0 Å². The zero-order chi connectivity index (χ0) is 14.4. The molecule has 0 spiro atoms. The number of rotatable bonds is 4. The van der Waals surface area contributed by atoms with Gasteiger partial charge in [-0.2, -0.15) is 0 Å².